The predicted octanol–water partition coefficient (Wildman–Crippen LogP) is 1.56. The number of para-hydroxylation sites is 1. The van der Waals surface area contributed by atoms with E-state index in [0.29, 0.717) is 23.5 Å². The Morgan fingerprint density at radius 1 is 1.45 bits per heavy atom. The normalized spacial score (nSPS) is 22.3. The van der Waals surface area contributed by atoms with Crippen LogP contribution in [-0.4, -0.2) is 30.8 Å². The van der Waals surface area contributed by atoms with Crippen molar-refractivity contribution in [3.05, 3.63) is 23.8 Å². The molecule has 4 N–H and O–H groups in total. The van der Waals surface area contributed by atoms with E-state index in [0.717, 1.165) is 25.7 Å². The molecule has 0 radical (unpaired) electrons. The number of carbonyl (C=O) groups is 1. The largest absolute Gasteiger partial charge is 0.494 e. The van der Waals surface area contributed by atoms with E-state index in [1.807, 2.05) is 0 Å². The Kier molecular flexibility index (Phi) is 4.84. The summed E-state index contributed by atoms with van der Waals surface area (Å²) in [6.45, 7) is 0.484. The highest BCUT2D eigenvalue weighted by atomic mass is 16.5. The van der Waals surface area contributed by atoms with Gasteiger partial charge in [0.05, 0.1) is 24.5 Å². The van der Waals surface area contributed by atoms with Gasteiger partial charge in [0.1, 0.15) is 0 Å². The smallest absolute Gasteiger partial charge is 0.255 e. The third kappa shape index (κ3) is 3.22. The molecule has 5 nitrogen and oxygen atoms in total. The second-order valence-electron chi connectivity index (χ2n) is 5.25. The summed E-state index contributed by atoms with van der Waals surface area (Å²) < 4.78 is 5.17. The van der Waals surface area contributed by atoms with Crippen molar-refractivity contribution in [2.24, 2.45) is 5.92 Å². The summed E-state index contributed by atoms with van der Waals surface area (Å²) in [7, 11) is 1.49. The van der Waals surface area contributed by atoms with Gasteiger partial charge in [-0.15, -0.1) is 0 Å². The Labute approximate surface area is 119 Å². The molecule has 0 aromatic heterocycles. The first-order valence-electron chi connectivity index (χ1n) is 7.02. The first kappa shape index (κ1) is 14.7. The lowest BCUT2D eigenvalue weighted by atomic mass is 9.86. The zero-order valence-corrected chi connectivity index (χ0v) is 11.8. The highest BCUT2D eigenvalue weighted by molar-refractivity contribution is 5.98. The maximum atomic E-state index is 12.2. The summed E-state index contributed by atoms with van der Waals surface area (Å²) in [5.74, 6) is 0.320. The predicted molar refractivity (Wildman–Crippen MR) is 77.7 cm³/mol. The lowest BCUT2D eigenvalue weighted by molar-refractivity contribution is 0.0662. The van der Waals surface area contributed by atoms with E-state index in [2.05, 4.69) is 5.32 Å². The van der Waals surface area contributed by atoms with Gasteiger partial charge in [0, 0.05) is 12.5 Å². The van der Waals surface area contributed by atoms with Gasteiger partial charge in [-0.25, -0.2) is 0 Å². The lowest BCUT2D eigenvalue weighted by Gasteiger charge is -2.27. The maximum Gasteiger partial charge on any atom is 0.255 e. The van der Waals surface area contributed by atoms with E-state index < -0.39 is 0 Å². The van der Waals surface area contributed by atoms with E-state index in [4.69, 9.17) is 10.5 Å². The first-order chi connectivity index (χ1) is 9.63. The third-order valence-electron chi connectivity index (χ3n) is 3.89. The molecule has 0 spiro atoms. The van der Waals surface area contributed by atoms with Crippen molar-refractivity contribution in [1.29, 1.82) is 0 Å². The van der Waals surface area contributed by atoms with Crippen LogP contribution in [0.1, 0.15) is 36.0 Å². The summed E-state index contributed by atoms with van der Waals surface area (Å²) in [5, 5.41) is 12.8. The number of nitrogens with one attached hydrogen (secondary N) is 1. The summed E-state index contributed by atoms with van der Waals surface area (Å²) in [5.41, 5.74) is 6.66. The molecule has 2 rings (SSSR count). The number of carbonyl (C=O) groups excluding carboxylic acids is 1. The molecular formula is C15H22N2O3. The van der Waals surface area contributed by atoms with Crippen LogP contribution in [0.15, 0.2) is 18.2 Å². The number of hydrogen-bond donors (Lipinski definition) is 3. The van der Waals surface area contributed by atoms with Gasteiger partial charge in [-0.05, 0) is 25.0 Å². The molecule has 1 aliphatic carbocycles. The SMILES string of the molecule is COc1c(N)cccc1C(=O)NCC1CCCCC1O. The van der Waals surface area contributed by atoms with Gasteiger partial charge >= 0.3 is 0 Å². The fourth-order valence-electron chi connectivity index (χ4n) is 2.71. The molecular weight excluding hydrogens is 256 g/mol. The van der Waals surface area contributed by atoms with Crippen LogP contribution >= 0.6 is 0 Å². The molecule has 110 valence electrons. The number of hydrogen-bond acceptors (Lipinski definition) is 4. The second-order valence-corrected chi connectivity index (χ2v) is 5.25. The third-order valence-corrected chi connectivity index (χ3v) is 3.89. The van der Waals surface area contributed by atoms with Crippen molar-refractivity contribution in [3.63, 3.8) is 0 Å². The van der Waals surface area contributed by atoms with Crippen LogP contribution in [0.25, 0.3) is 0 Å². The number of ether oxygens (including phenoxy) is 1. The molecule has 1 saturated carbocycles. The van der Waals surface area contributed by atoms with E-state index in [1.54, 1.807) is 18.2 Å². The molecule has 5 heteroatoms. The molecule has 1 aromatic carbocycles. The van der Waals surface area contributed by atoms with Crippen molar-refractivity contribution in [3.8, 4) is 5.75 Å². The van der Waals surface area contributed by atoms with Crippen LogP contribution < -0.4 is 15.8 Å². The Morgan fingerprint density at radius 3 is 2.90 bits per heavy atom. The second kappa shape index (κ2) is 6.61. The Balaban J connectivity index is 2.00. The highest BCUT2D eigenvalue weighted by Crippen LogP contribution is 2.26. The monoisotopic (exact) mass is 278 g/mol. The van der Waals surface area contributed by atoms with Crippen LogP contribution in [0.3, 0.4) is 0 Å². The lowest BCUT2D eigenvalue weighted by Crippen LogP contribution is -2.36. The summed E-state index contributed by atoms with van der Waals surface area (Å²) in [6, 6.07) is 5.10. The van der Waals surface area contributed by atoms with Crippen LogP contribution in [0.2, 0.25) is 0 Å². The zero-order chi connectivity index (χ0) is 14.5. The van der Waals surface area contributed by atoms with Crippen molar-refractivity contribution in [2.45, 2.75) is 31.8 Å². The molecule has 1 aliphatic rings. The average Bonchev–Trinajstić information content (AvgIpc) is 2.46. The molecule has 1 aromatic rings. The van der Waals surface area contributed by atoms with Crippen LogP contribution in [0, 0.1) is 5.92 Å². The molecule has 20 heavy (non-hydrogen) atoms. The number of rotatable bonds is 4. The van der Waals surface area contributed by atoms with E-state index >= 15 is 0 Å². The van der Waals surface area contributed by atoms with Crippen molar-refractivity contribution in [1.82, 2.24) is 5.32 Å². The number of benzene rings is 1. The number of anilines is 1. The number of aliphatic hydroxyl groups excluding tert-OH is 1. The van der Waals surface area contributed by atoms with Gasteiger partial charge < -0.3 is 20.9 Å². The molecule has 0 aliphatic heterocycles. The number of amides is 1. The average molecular weight is 278 g/mol. The minimum atomic E-state index is -0.313. The minimum absolute atomic E-state index is 0.139. The molecule has 0 heterocycles. The first-order valence-corrected chi connectivity index (χ1v) is 7.02. The molecule has 2 atom stereocenters. The van der Waals surface area contributed by atoms with Gasteiger partial charge in [-0.3, -0.25) is 4.79 Å². The van der Waals surface area contributed by atoms with Crippen molar-refractivity contribution in [2.75, 3.05) is 19.4 Å². The van der Waals surface area contributed by atoms with Crippen LogP contribution in [-0.2, 0) is 0 Å². The van der Waals surface area contributed by atoms with Gasteiger partial charge in [-0.1, -0.05) is 18.9 Å². The van der Waals surface area contributed by atoms with Crippen molar-refractivity contribution < 1.29 is 14.6 Å². The van der Waals surface area contributed by atoms with Crippen LogP contribution in [0.5, 0.6) is 5.75 Å². The van der Waals surface area contributed by atoms with Gasteiger partial charge in [-0.2, -0.15) is 0 Å². The number of methoxy groups -OCH3 is 1. The summed E-state index contributed by atoms with van der Waals surface area (Å²) >= 11 is 0. The Morgan fingerprint density at radius 2 is 2.20 bits per heavy atom. The summed E-state index contributed by atoms with van der Waals surface area (Å²) in [4.78, 5) is 12.2. The topological polar surface area (TPSA) is 84.6 Å². The fraction of sp³-hybridized carbons (Fsp3) is 0.533. The number of nitrogen functional groups attached to an aromatic ring is 1. The quantitative estimate of drug-likeness (QED) is 0.730. The van der Waals surface area contributed by atoms with Crippen LogP contribution in [0.4, 0.5) is 5.69 Å². The van der Waals surface area contributed by atoms with E-state index in [-0.39, 0.29) is 17.9 Å². The Bertz CT molecular complexity index is 476. The molecule has 0 bridgehead atoms. The fourth-order valence-corrected chi connectivity index (χ4v) is 2.71. The Hall–Kier alpha value is -1.75. The van der Waals surface area contributed by atoms with Crippen molar-refractivity contribution >= 4 is 11.6 Å². The number of nitrogens with two attached hydrogens (primary N) is 1. The molecule has 1 amide bonds. The molecule has 1 fully saturated rings. The minimum Gasteiger partial charge on any atom is -0.494 e. The standard InChI is InChI=1S/C15H22N2O3/c1-20-14-11(6-4-7-12(14)16)15(19)17-9-10-5-2-3-8-13(10)18/h4,6-7,10,13,18H,2-3,5,8-9,16H2,1H3,(H,17,19). The molecule has 2 unspecified atom stereocenters. The molecule has 0 saturated heterocycles. The van der Waals surface area contributed by atoms with E-state index in [9.17, 15) is 9.90 Å². The maximum absolute atomic E-state index is 12.2. The van der Waals surface area contributed by atoms with Gasteiger partial charge in [0.25, 0.3) is 5.91 Å². The van der Waals surface area contributed by atoms with Gasteiger partial charge in [0.2, 0.25) is 0 Å². The zero-order valence-electron chi connectivity index (χ0n) is 11.8. The number of aliphatic hydroxyl groups is 1. The highest BCUT2D eigenvalue weighted by Gasteiger charge is 2.24. The summed E-state index contributed by atoms with van der Waals surface area (Å²) in [6.07, 6.45) is 3.64. The van der Waals surface area contributed by atoms with Gasteiger partial charge in [0.15, 0.2) is 5.75 Å². The van der Waals surface area contributed by atoms with E-state index in [1.165, 1.54) is 7.11 Å².